The van der Waals surface area contributed by atoms with Crippen molar-refractivity contribution < 1.29 is 4.79 Å². The molecular weight excluding hydrogens is 358 g/mol. The second kappa shape index (κ2) is 7.93. The van der Waals surface area contributed by atoms with Gasteiger partial charge in [-0.3, -0.25) is 4.79 Å². The Bertz CT molecular complexity index is 770. The summed E-state index contributed by atoms with van der Waals surface area (Å²) in [5.74, 6) is -0.124. The highest BCUT2D eigenvalue weighted by molar-refractivity contribution is 8.26. The minimum absolute atomic E-state index is 0.107. The summed E-state index contributed by atoms with van der Waals surface area (Å²) in [7, 11) is 0. The number of benzene rings is 1. The molecule has 1 aromatic carbocycles. The predicted octanol–water partition coefficient (Wildman–Crippen LogP) is 5.88. The zero-order valence-corrected chi connectivity index (χ0v) is 18.0. The highest BCUT2D eigenvalue weighted by Crippen LogP contribution is 2.30. The quantitative estimate of drug-likeness (QED) is 0.400. The van der Waals surface area contributed by atoms with E-state index < -0.39 is 0 Å². The van der Waals surface area contributed by atoms with Crippen LogP contribution in [-0.4, -0.2) is 10.2 Å². The van der Waals surface area contributed by atoms with Crippen LogP contribution in [0.15, 0.2) is 47.4 Å². The van der Waals surface area contributed by atoms with Crippen molar-refractivity contribution in [1.82, 2.24) is 5.32 Å². The van der Waals surface area contributed by atoms with E-state index in [0.29, 0.717) is 9.23 Å². The van der Waals surface area contributed by atoms with Crippen LogP contribution in [0.4, 0.5) is 0 Å². The Morgan fingerprint density at radius 2 is 1.50 bits per heavy atom. The lowest BCUT2D eigenvalue weighted by atomic mass is 9.79. The van der Waals surface area contributed by atoms with E-state index in [4.69, 9.17) is 12.2 Å². The third-order valence-electron chi connectivity index (χ3n) is 4.09. The minimum atomic E-state index is -0.124. The number of carbonyl (C=O) groups excluding carboxylic acids is 1. The Kier molecular flexibility index (Phi) is 6.30. The molecule has 0 radical (unpaired) electrons. The average molecular weight is 386 g/mol. The Hall–Kier alpha value is -1.65. The smallest absolute Gasteiger partial charge is 0.263 e. The molecule has 1 saturated heterocycles. The second-order valence-corrected chi connectivity index (χ2v) is 10.2. The molecule has 1 aromatic rings. The molecule has 2 rings (SSSR count). The highest BCUT2D eigenvalue weighted by Gasteiger charge is 2.21. The summed E-state index contributed by atoms with van der Waals surface area (Å²) < 4.78 is 0.513. The fourth-order valence-electron chi connectivity index (χ4n) is 2.42. The van der Waals surface area contributed by atoms with Gasteiger partial charge in [-0.1, -0.05) is 108 Å². The molecule has 2 nitrogen and oxygen atoms in total. The van der Waals surface area contributed by atoms with Gasteiger partial charge in [0.2, 0.25) is 0 Å². The van der Waals surface area contributed by atoms with Gasteiger partial charge in [-0.05, 0) is 33.6 Å². The third kappa shape index (κ3) is 5.68. The Morgan fingerprint density at radius 1 is 0.923 bits per heavy atom. The first-order valence-corrected chi connectivity index (χ1v) is 9.93. The molecule has 0 spiro atoms. The van der Waals surface area contributed by atoms with E-state index in [9.17, 15) is 4.79 Å². The maximum absolute atomic E-state index is 11.6. The van der Waals surface area contributed by atoms with E-state index in [1.807, 2.05) is 18.2 Å². The number of rotatable bonds is 3. The maximum Gasteiger partial charge on any atom is 0.263 e. The van der Waals surface area contributed by atoms with Crippen molar-refractivity contribution in [2.24, 2.45) is 0 Å². The van der Waals surface area contributed by atoms with Crippen LogP contribution in [-0.2, 0) is 15.6 Å². The summed E-state index contributed by atoms with van der Waals surface area (Å²) >= 11 is 6.27. The number of thiocarbonyl (C=S) groups is 1. The summed E-state index contributed by atoms with van der Waals surface area (Å²) in [5.41, 5.74) is 4.07. The standard InChI is InChI=1S/C22H27NOS2/c1-21(2,3)16-12-15(13-17(14-16)22(4,5)6)10-8-7-9-11-18-19(24)23-20(25)26-18/h7-14H,1-6H3,(H,23,24,25)/b9-7+,10-8+,18-11-. The monoisotopic (exact) mass is 385 g/mol. The molecule has 138 valence electrons. The molecular formula is C22H27NOS2. The minimum Gasteiger partial charge on any atom is -0.307 e. The van der Waals surface area contributed by atoms with E-state index in [2.05, 4.69) is 71.1 Å². The summed E-state index contributed by atoms with van der Waals surface area (Å²) in [6, 6.07) is 6.81. The fourth-order valence-corrected chi connectivity index (χ4v) is 3.42. The number of thioether (sulfide) groups is 1. The average Bonchev–Trinajstić information content (AvgIpc) is 2.83. The number of carbonyl (C=O) groups is 1. The normalized spacial score (nSPS) is 17.7. The summed E-state index contributed by atoms with van der Waals surface area (Å²) in [6.45, 7) is 13.4. The van der Waals surface area contributed by atoms with E-state index in [1.54, 1.807) is 6.08 Å². The van der Waals surface area contributed by atoms with Gasteiger partial charge in [-0.2, -0.15) is 0 Å². The van der Waals surface area contributed by atoms with Gasteiger partial charge in [0.05, 0.1) is 4.91 Å². The summed E-state index contributed by atoms with van der Waals surface area (Å²) in [5, 5.41) is 2.61. The van der Waals surface area contributed by atoms with Crippen molar-refractivity contribution in [3.05, 3.63) is 64.1 Å². The molecule has 4 heteroatoms. The van der Waals surface area contributed by atoms with Crippen molar-refractivity contribution in [1.29, 1.82) is 0 Å². The Morgan fingerprint density at radius 3 is 1.96 bits per heavy atom. The van der Waals surface area contributed by atoms with Gasteiger partial charge in [-0.15, -0.1) is 0 Å². The van der Waals surface area contributed by atoms with Crippen LogP contribution in [0.3, 0.4) is 0 Å². The van der Waals surface area contributed by atoms with E-state index in [0.717, 1.165) is 0 Å². The first-order valence-electron chi connectivity index (χ1n) is 8.71. The zero-order valence-electron chi connectivity index (χ0n) is 16.3. The van der Waals surface area contributed by atoms with E-state index >= 15 is 0 Å². The number of nitrogens with one attached hydrogen (secondary N) is 1. The van der Waals surface area contributed by atoms with Gasteiger partial charge in [0.25, 0.3) is 5.91 Å². The van der Waals surface area contributed by atoms with Crippen LogP contribution in [0.1, 0.15) is 58.2 Å². The van der Waals surface area contributed by atoms with Gasteiger partial charge in [-0.25, -0.2) is 0 Å². The molecule has 1 aliphatic rings. The summed E-state index contributed by atoms with van der Waals surface area (Å²) in [4.78, 5) is 12.2. The van der Waals surface area contributed by atoms with Gasteiger partial charge < -0.3 is 5.32 Å². The molecule has 1 N–H and O–H groups in total. The van der Waals surface area contributed by atoms with Crippen LogP contribution in [0.25, 0.3) is 6.08 Å². The summed E-state index contributed by atoms with van der Waals surface area (Å²) in [6.07, 6.45) is 9.69. The Balaban J connectivity index is 2.21. The highest BCUT2D eigenvalue weighted by atomic mass is 32.2. The molecule has 0 saturated carbocycles. The van der Waals surface area contributed by atoms with Crippen LogP contribution in [0.2, 0.25) is 0 Å². The van der Waals surface area contributed by atoms with Crippen LogP contribution < -0.4 is 5.32 Å². The largest absolute Gasteiger partial charge is 0.307 e. The number of hydrogen-bond donors (Lipinski definition) is 1. The zero-order chi connectivity index (χ0) is 19.5. The van der Waals surface area contributed by atoms with Crippen molar-refractivity contribution in [2.45, 2.75) is 52.4 Å². The van der Waals surface area contributed by atoms with Crippen molar-refractivity contribution in [3.8, 4) is 0 Å². The van der Waals surface area contributed by atoms with Crippen LogP contribution >= 0.6 is 24.0 Å². The van der Waals surface area contributed by atoms with Gasteiger partial charge in [0, 0.05) is 0 Å². The first-order chi connectivity index (χ1) is 12.0. The second-order valence-electron chi connectivity index (χ2n) is 8.46. The first kappa shape index (κ1) is 20.7. The fraction of sp³-hybridized carbons (Fsp3) is 0.364. The molecule has 26 heavy (non-hydrogen) atoms. The molecule has 1 amide bonds. The molecule has 0 bridgehead atoms. The topological polar surface area (TPSA) is 29.1 Å². The van der Waals surface area contributed by atoms with Gasteiger partial charge in [0.1, 0.15) is 4.32 Å². The molecule has 0 aromatic heterocycles. The van der Waals surface area contributed by atoms with Crippen LogP contribution in [0, 0.1) is 0 Å². The SMILES string of the molecule is CC(C)(C)c1cc(/C=C/C=C/C=C2\SC(=S)NC2=O)cc(C(C)(C)C)c1. The van der Waals surface area contributed by atoms with Gasteiger partial charge in [0.15, 0.2) is 0 Å². The molecule has 1 fully saturated rings. The lowest BCUT2D eigenvalue weighted by Crippen LogP contribution is -2.17. The van der Waals surface area contributed by atoms with Crippen molar-refractivity contribution >= 4 is 40.3 Å². The Labute approximate surface area is 166 Å². The van der Waals surface area contributed by atoms with E-state index in [-0.39, 0.29) is 16.7 Å². The van der Waals surface area contributed by atoms with Gasteiger partial charge >= 0.3 is 0 Å². The lowest BCUT2D eigenvalue weighted by molar-refractivity contribution is -0.115. The number of amides is 1. The maximum atomic E-state index is 11.6. The third-order valence-corrected chi connectivity index (χ3v) is 5.27. The molecule has 0 atom stereocenters. The lowest BCUT2D eigenvalue weighted by Gasteiger charge is -2.25. The van der Waals surface area contributed by atoms with E-state index in [1.165, 1.54) is 28.5 Å². The molecule has 0 unspecified atom stereocenters. The van der Waals surface area contributed by atoms with Crippen LogP contribution in [0.5, 0.6) is 0 Å². The number of allylic oxidation sites excluding steroid dienone is 4. The van der Waals surface area contributed by atoms with Crippen molar-refractivity contribution in [3.63, 3.8) is 0 Å². The molecule has 0 aliphatic carbocycles. The van der Waals surface area contributed by atoms with Crippen molar-refractivity contribution in [2.75, 3.05) is 0 Å². The predicted molar refractivity (Wildman–Crippen MR) is 118 cm³/mol. The molecule has 1 heterocycles. The molecule has 1 aliphatic heterocycles. The number of hydrogen-bond acceptors (Lipinski definition) is 3.